The quantitative estimate of drug-likeness (QED) is 0.727. The number of aromatic nitrogens is 2. The lowest BCUT2D eigenvalue weighted by atomic mass is 10.2. The number of ether oxygens (including phenoxy) is 2. The van der Waals surface area contributed by atoms with Crippen LogP contribution in [0, 0.1) is 5.82 Å². The molecular weight excluding hydrogens is 287 g/mol. The Bertz CT molecular complexity index is 843. The monoisotopic (exact) mass is 300 g/mol. The summed E-state index contributed by atoms with van der Waals surface area (Å²) in [4.78, 5) is 4.24. The van der Waals surface area contributed by atoms with Crippen molar-refractivity contribution in [3.63, 3.8) is 0 Å². The van der Waals surface area contributed by atoms with Crippen LogP contribution in [0.2, 0.25) is 0 Å². The molecule has 1 fully saturated rings. The van der Waals surface area contributed by atoms with Gasteiger partial charge < -0.3 is 14.0 Å². The molecule has 0 radical (unpaired) electrons. The lowest BCUT2D eigenvalue weighted by molar-refractivity contribution is 0.396. The Morgan fingerprint density at radius 2 is 2.09 bits per heavy atom. The summed E-state index contributed by atoms with van der Waals surface area (Å²) in [5.41, 5.74) is 1.36. The van der Waals surface area contributed by atoms with Gasteiger partial charge in [0.1, 0.15) is 5.75 Å². The first-order valence-electron chi connectivity index (χ1n) is 7.02. The number of nitrogens with zero attached hydrogens (tertiary/aromatic N) is 2. The van der Waals surface area contributed by atoms with Gasteiger partial charge in [0.05, 0.1) is 18.2 Å². The Labute approximate surface area is 125 Å². The highest BCUT2D eigenvalue weighted by molar-refractivity contribution is 5.77. The summed E-state index contributed by atoms with van der Waals surface area (Å²) >= 11 is 0. The van der Waals surface area contributed by atoms with Crippen LogP contribution in [0.1, 0.15) is 24.5 Å². The van der Waals surface area contributed by atoms with Crippen molar-refractivity contribution < 1.29 is 18.4 Å². The lowest BCUT2D eigenvalue weighted by Crippen LogP contribution is -1.92. The number of hydrogen-bond donors (Lipinski definition) is 0. The van der Waals surface area contributed by atoms with Crippen molar-refractivity contribution in [1.29, 1.82) is 0 Å². The molecule has 0 N–H and O–H groups in total. The molecule has 0 unspecified atom stereocenters. The summed E-state index contributed by atoms with van der Waals surface area (Å²) in [5.74, 6) is 0.730. The molecule has 0 amide bonds. The third kappa shape index (κ3) is 2.26. The molecule has 4 rings (SSSR count). The fourth-order valence-corrected chi connectivity index (χ4v) is 2.34. The van der Waals surface area contributed by atoms with Gasteiger partial charge >= 0.3 is 0 Å². The molecule has 112 valence electrons. The van der Waals surface area contributed by atoms with E-state index in [1.54, 1.807) is 12.1 Å². The average molecular weight is 300 g/mol. The largest absolute Gasteiger partial charge is 0.497 e. The third-order valence-electron chi connectivity index (χ3n) is 3.66. The number of hydrogen-bond acceptors (Lipinski definition) is 5. The Hall–Kier alpha value is -2.63. The summed E-state index contributed by atoms with van der Waals surface area (Å²) < 4.78 is 29.6. The smallest absolute Gasteiger partial charge is 0.261 e. The number of methoxy groups -OCH3 is 1. The van der Waals surface area contributed by atoms with Crippen molar-refractivity contribution in [2.75, 3.05) is 7.11 Å². The minimum Gasteiger partial charge on any atom is -0.497 e. The summed E-state index contributed by atoms with van der Waals surface area (Å²) in [6.07, 6.45) is 2.27. The molecule has 1 aromatic carbocycles. The van der Waals surface area contributed by atoms with Gasteiger partial charge in [-0.3, -0.25) is 0 Å². The fourth-order valence-electron chi connectivity index (χ4n) is 2.34. The van der Waals surface area contributed by atoms with Crippen LogP contribution in [0.25, 0.3) is 11.1 Å². The first-order valence-corrected chi connectivity index (χ1v) is 7.02. The van der Waals surface area contributed by atoms with E-state index in [9.17, 15) is 4.39 Å². The molecule has 5 nitrogen and oxygen atoms in total. The topological polar surface area (TPSA) is 57.4 Å². The SMILES string of the molecule is COc1ccc(Oc2ccc3c(C4CC4)noc3n2)c(F)c1. The second kappa shape index (κ2) is 4.98. The molecule has 1 saturated carbocycles. The van der Waals surface area contributed by atoms with Crippen LogP contribution >= 0.6 is 0 Å². The number of pyridine rings is 1. The second-order valence-electron chi connectivity index (χ2n) is 5.24. The van der Waals surface area contributed by atoms with Crippen molar-refractivity contribution in [3.8, 4) is 17.4 Å². The van der Waals surface area contributed by atoms with Crippen LogP contribution in [-0.4, -0.2) is 17.3 Å². The molecule has 2 aromatic heterocycles. The standard InChI is InChI=1S/C16H13FN2O3/c1-20-10-4-6-13(12(17)8-10)21-14-7-5-11-15(9-2-3-9)19-22-16(11)18-14/h4-9H,2-3H2,1H3. The summed E-state index contributed by atoms with van der Waals surface area (Å²) in [6.45, 7) is 0. The van der Waals surface area contributed by atoms with Crippen LogP contribution in [0.3, 0.4) is 0 Å². The van der Waals surface area contributed by atoms with Crippen LogP contribution in [0.5, 0.6) is 17.4 Å². The van der Waals surface area contributed by atoms with Gasteiger partial charge in [0.25, 0.3) is 5.71 Å². The van der Waals surface area contributed by atoms with Crippen molar-refractivity contribution in [2.45, 2.75) is 18.8 Å². The number of halogens is 1. The van der Waals surface area contributed by atoms with Crippen LogP contribution in [0.4, 0.5) is 4.39 Å². The van der Waals surface area contributed by atoms with Crippen molar-refractivity contribution in [1.82, 2.24) is 10.1 Å². The Morgan fingerprint density at radius 3 is 2.82 bits per heavy atom. The zero-order chi connectivity index (χ0) is 15.1. The Morgan fingerprint density at radius 1 is 1.23 bits per heavy atom. The average Bonchev–Trinajstić information content (AvgIpc) is 3.29. The van der Waals surface area contributed by atoms with Crippen molar-refractivity contribution >= 4 is 11.1 Å². The molecule has 0 aliphatic heterocycles. The van der Waals surface area contributed by atoms with Gasteiger partial charge in [-0.25, -0.2) is 4.39 Å². The van der Waals surface area contributed by atoms with Gasteiger partial charge in [-0.05, 0) is 31.0 Å². The predicted molar refractivity (Wildman–Crippen MR) is 76.8 cm³/mol. The molecule has 6 heteroatoms. The Balaban J connectivity index is 1.64. The number of benzene rings is 1. The highest BCUT2D eigenvalue weighted by Gasteiger charge is 2.29. The maximum absolute atomic E-state index is 13.9. The highest BCUT2D eigenvalue weighted by Crippen LogP contribution is 2.42. The summed E-state index contributed by atoms with van der Waals surface area (Å²) in [7, 11) is 1.48. The first-order chi connectivity index (χ1) is 10.7. The fraction of sp³-hybridized carbons (Fsp3) is 0.250. The van der Waals surface area contributed by atoms with Gasteiger partial charge in [0.2, 0.25) is 5.88 Å². The molecule has 0 saturated heterocycles. The molecule has 3 aromatic rings. The van der Waals surface area contributed by atoms with Crippen LogP contribution in [-0.2, 0) is 0 Å². The minimum absolute atomic E-state index is 0.0783. The van der Waals surface area contributed by atoms with E-state index < -0.39 is 5.82 Å². The number of rotatable bonds is 4. The summed E-state index contributed by atoms with van der Waals surface area (Å²) in [6, 6.07) is 7.92. The van der Waals surface area contributed by atoms with E-state index in [0.717, 1.165) is 23.9 Å². The van der Waals surface area contributed by atoms with E-state index in [4.69, 9.17) is 14.0 Å². The molecule has 0 bridgehead atoms. The maximum atomic E-state index is 13.9. The molecule has 0 atom stereocenters. The van der Waals surface area contributed by atoms with E-state index >= 15 is 0 Å². The van der Waals surface area contributed by atoms with Crippen molar-refractivity contribution in [2.24, 2.45) is 0 Å². The van der Waals surface area contributed by atoms with E-state index in [1.807, 2.05) is 6.07 Å². The van der Waals surface area contributed by atoms with Gasteiger partial charge in [0, 0.05) is 18.1 Å². The van der Waals surface area contributed by atoms with Gasteiger partial charge in [-0.15, -0.1) is 0 Å². The van der Waals surface area contributed by atoms with E-state index in [1.165, 1.54) is 19.2 Å². The first kappa shape index (κ1) is 13.1. The molecular formula is C16H13FN2O3. The van der Waals surface area contributed by atoms with Gasteiger partial charge in [0.15, 0.2) is 11.6 Å². The molecule has 1 aliphatic carbocycles. The summed E-state index contributed by atoms with van der Waals surface area (Å²) in [5, 5.41) is 4.96. The molecule has 2 heterocycles. The third-order valence-corrected chi connectivity index (χ3v) is 3.66. The zero-order valence-corrected chi connectivity index (χ0v) is 11.9. The second-order valence-corrected chi connectivity index (χ2v) is 5.24. The minimum atomic E-state index is -0.516. The van der Waals surface area contributed by atoms with E-state index in [-0.39, 0.29) is 11.6 Å². The van der Waals surface area contributed by atoms with Gasteiger partial charge in [-0.2, -0.15) is 4.98 Å². The van der Waals surface area contributed by atoms with E-state index in [0.29, 0.717) is 17.4 Å². The molecule has 0 spiro atoms. The highest BCUT2D eigenvalue weighted by atomic mass is 19.1. The molecule has 1 aliphatic rings. The predicted octanol–water partition coefficient (Wildman–Crippen LogP) is 4.04. The zero-order valence-electron chi connectivity index (χ0n) is 11.9. The van der Waals surface area contributed by atoms with Crippen LogP contribution in [0.15, 0.2) is 34.9 Å². The Kier molecular flexibility index (Phi) is 2.96. The lowest BCUT2D eigenvalue weighted by Gasteiger charge is -2.07. The van der Waals surface area contributed by atoms with E-state index in [2.05, 4.69) is 10.1 Å². The number of fused-ring (bicyclic) bond motifs is 1. The maximum Gasteiger partial charge on any atom is 0.261 e. The van der Waals surface area contributed by atoms with Gasteiger partial charge in [-0.1, -0.05) is 5.16 Å². The van der Waals surface area contributed by atoms with Crippen molar-refractivity contribution in [3.05, 3.63) is 41.8 Å². The van der Waals surface area contributed by atoms with Crippen LogP contribution < -0.4 is 9.47 Å². The normalized spacial score (nSPS) is 14.3. The molecule has 22 heavy (non-hydrogen) atoms.